The van der Waals surface area contributed by atoms with E-state index >= 15 is 0 Å². The van der Waals surface area contributed by atoms with Crippen molar-refractivity contribution in [3.8, 4) is 11.3 Å². The molecular formula is C24H23N5O. The first-order valence-corrected chi connectivity index (χ1v) is 10.2. The molecule has 0 spiro atoms. The summed E-state index contributed by atoms with van der Waals surface area (Å²) in [5.74, 6) is 0.720. The van der Waals surface area contributed by atoms with E-state index in [4.69, 9.17) is 4.98 Å². The van der Waals surface area contributed by atoms with Gasteiger partial charge in [0, 0.05) is 42.3 Å². The molecule has 5 rings (SSSR count). The summed E-state index contributed by atoms with van der Waals surface area (Å²) in [4.78, 5) is 21.5. The second kappa shape index (κ2) is 7.63. The van der Waals surface area contributed by atoms with Gasteiger partial charge in [-0.1, -0.05) is 42.0 Å². The predicted octanol–water partition coefficient (Wildman–Crippen LogP) is 4.21. The Bertz CT molecular complexity index is 1210. The number of benzene rings is 2. The molecule has 0 atom stereocenters. The first-order valence-electron chi connectivity index (χ1n) is 10.2. The lowest BCUT2D eigenvalue weighted by atomic mass is 10.1. The van der Waals surface area contributed by atoms with Gasteiger partial charge in [-0.05, 0) is 37.5 Å². The Morgan fingerprint density at radius 2 is 2.00 bits per heavy atom. The van der Waals surface area contributed by atoms with Gasteiger partial charge >= 0.3 is 0 Å². The second-order valence-corrected chi connectivity index (χ2v) is 7.80. The highest BCUT2D eigenvalue weighted by Crippen LogP contribution is 2.24. The summed E-state index contributed by atoms with van der Waals surface area (Å²) in [5, 5.41) is 6.45. The zero-order valence-electron chi connectivity index (χ0n) is 16.8. The number of hydrogen-bond donors (Lipinski definition) is 2. The van der Waals surface area contributed by atoms with Gasteiger partial charge in [-0.3, -0.25) is 4.79 Å². The normalized spacial score (nSPS) is 13.4. The largest absolute Gasteiger partial charge is 0.363 e. The highest BCUT2D eigenvalue weighted by Gasteiger charge is 2.23. The number of imidazole rings is 1. The Hall–Kier alpha value is -3.67. The van der Waals surface area contributed by atoms with Crippen LogP contribution < -0.4 is 10.6 Å². The van der Waals surface area contributed by atoms with Crippen molar-refractivity contribution in [2.24, 2.45) is 0 Å². The number of carbonyl (C=O) groups excluding carboxylic acids is 1. The number of nitrogens with one attached hydrogen (secondary N) is 2. The number of amides is 1. The lowest BCUT2D eigenvalue weighted by molar-refractivity contribution is 0.0951. The van der Waals surface area contributed by atoms with E-state index in [9.17, 15) is 4.79 Å². The molecule has 2 N–H and O–H groups in total. The standard InChI is InChI=1S/C24H23N5O/c1-16-3-2-4-17(13-16)14-26-22-23-25-11-12-29(23)15-21(28-22)18-5-7-19(8-6-18)24(30)27-20-9-10-20/h2-8,11-13,15,20H,9-10,14H2,1H3,(H,26,28)(H,27,30). The van der Waals surface area contributed by atoms with E-state index in [0.29, 0.717) is 18.2 Å². The van der Waals surface area contributed by atoms with Gasteiger partial charge < -0.3 is 15.0 Å². The smallest absolute Gasteiger partial charge is 0.251 e. The Labute approximate surface area is 175 Å². The van der Waals surface area contributed by atoms with Crippen LogP contribution in [-0.4, -0.2) is 26.3 Å². The van der Waals surface area contributed by atoms with Crippen LogP contribution in [0.5, 0.6) is 0 Å². The SMILES string of the molecule is Cc1cccc(CNc2nc(-c3ccc(C(=O)NC4CC4)cc3)cn3ccnc23)c1. The molecule has 1 aliphatic carbocycles. The molecule has 30 heavy (non-hydrogen) atoms. The molecule has 2 aromatic heterocycles. The number of carbonyl (C=O) groups is 1. The topological polar surface area (TPSA) is 71.3 Å². The Morgan fingerprint density at radius 1 is 1.17 bits per heavy atom. The molecule has 1 fully saturated rings. The van der Waals surface area contributed by atoms with E-state index in [-0.39, 0.29) is 5.91 Å². The van der Waals surface area contributed by atoms with Crippen molar-refractivity contribution in [1.29, 1.82) is 0 Å². The minimum atomic E-state index is -0.0115. The molecule has 0 radical (unpaired) electrons. The average Bonchev–Trinajstić information content (AvgIpc) is 3.44. The van der Waals surface area contributed by atoms with Crippen LogP contribution in [-0.2, 0) is 6.54 Å². The predicted molar refractivity (Wildman–Crippen MR) is 117 cm³/mol. The van der Waals surface area contributed by atoms with Gasteiger partial charge in [0.05, 0.1) is 5.69 Å². The van der Waals surface area contributed by atoms with Crippen LogP contribution >= 0.6 is 0 Å². The number of aromatic nitrogens is 3. The molecule has 150 valence electrons. The Kier molecular flexibility index (Phi) is 4.67. The van der Waals surface area contributed by atoms with Crippen molar-refractivity contribution < 1.29 is 4.79 Å². The van der Waals surface area contributed by atoms with Crippen molar-refractivity contribution in [1.82, 2.24) is 19.7 Å². The number of hydrogen-bond acceptors (Lipinski definition) is 4. The van der Waals surface area contributed by atoms with Gasteiger partial charge in [-0.2, -0.15) is 0 Å². The average molecular weight is 397 g/mol. The van der Waals surface area contributed by atoms with Crippen LogP contribution in [0.3, 0.4) is 0 Å². The second-order valence-electron chi connectivity index (χ2n) is 7.80. The van der Waals surface area contributed by atoms with Crippen LogP contribution in [0.2, 0.25) is 0 Å². The third kappa shape index (κ3) is 3.89. The molecule has 2 heterocycles. The maximum Gasteiger partial charge on any atom is 0.251 e. The van der Waals surface area contributed by atoms with Gasteiger partial charge in [0.15, 0.2) is 11.5 Å². The van der Waals surface area contributed by atoms with Gasteiger partial charge in [-0.25, -0.2) is 9.97 Å². The molecule has 0 unspecified atom stereocenters. The highest BCUT2D eigenvalue weighted by atomic mass is 16.1. The van der Waals surface area contributed by atoms with Crippen LogP contribution in [0.1, 0.15) is 34.3 Å². The molecule has 1 amide bonds. The lowest BCUT2D eigenvalue weighted by Crippen LogP contribution is -2.25. The third-order valence-electron chi connectivity index (χ3n) is 5.27. The maximum atomic E-state index is 12.2. The third-order valence-corrected chi connectivity index (χ3v) is 5.27. The van der Waals surface area contributed by atoms with Gasteiger partial charge in [0.1, 0.15) is 0 Å². The molecule has 6 nitrogen and oxygen atoms in total. The van der Waals surface area contributed by atoms with Crippen molar-refractivity contribution in [2.45, 2.75) is 32.4 Å². The van der Waals surface area contributed by atoms with E-state index in [0.717, 1.165) is 35.6 Å². The molecular weight excluding hydrogens is 374 g/mol. The first kappa shape index (κ1) is 18.4. The minimum Gasteiger partial charge on any atom is -0.363 e. The number of nitrogens with zero attached hydrogens (tertiary/aromatic N) is 3. The summed E-state index contributed by atoms with van der Waals surface area (Å²) in [6, 6.07) is 16.3. The van der Waals surface area contributed by atoms with Crippen LogP contribution in [0, 0.1) is 6.92 Å². The number of aryl methyl sites for hydroxylation is 1. The van der Waals surface area contributed by atoms with E-state index in [2.05, 4.69) is 46.8 Å². The fraction of sp³-hybridized carbons (Fsp3) is 0.208. The van der Waals surface area contributed by atoms with E-state index in [1.54, 1.807) is 6.20 Å². The van der Waals surface area contributed by atoms with Gasteiger partial charge in [-0.15, -0.1) is 0 Å². The number of rotatable bonds is 6. The molecule has 4 aromatic rings. The molecule has 1 saturated carbocycles. The summed E-state index contributed by atoms with van der Waals surface area (Å²) in [6.45, 7) is 2.75. The van der Waals surface area contributed by atoms with E-state index in [1.165, 1.54) is 11.1 Å². The molecule has 0 saturated heterocycles. The zero-order valence-corrected chi connectivity index (χ0v) is 16.8. The summed E-state index contributed by atoms with van der Waals surface area (Å²) in [6.07, 6.45) is 7.80. The van der Waals surface area contributed by atoms with Crippen molar-refractivity contribution in [2.75, 3.05) is 5.32 Å². The highest BCUT2D eigenvalue weighted by molar-refractivity contribution is 5.95. The van der Waals surface area contributed by atoms with Crippen LogP contribution in [0.25, 0.3) is 16.9 Å². The van der Waals surface area contributed by atoms with E-state index < -0.39 is 0 Å². The minimum absolute atomic E-state index is 0.0115. The maximum absolute atomic E-state index is 12.2. The summed E-state index contributed by atoms with van der Waals surface area (Å²) in [5.41, 5.74) is 5.65. The van der Waals surface area contributed by atoms with Crippen LogP contribution in [0.4, 0.5) is 5.82 Å². The van der Waals surface area contributed by atoms with Crippen molar-refractivity contribution in [3.63, 3.8) is 0 Å². The number of fused-ring (bicyclic) bond motifs is 1. The van der Waals surface area contributed by atoms with E-state index in [1.807, 2.05) is 41.1 Å². The fourth-order valence-corrected chi connectivity index (χ4v) is 3.49. The summed E-state index contributed by atoms with van der Waals surface area (Å²) >= 11 is 0. The Balaban J connectivity index is 1.41. The molecule has 6 heteroatoms. The fourth-order valence-electron chi connectivity index (χ4n) is 3.49. The van der Waals surface area contributed by atoms with Crippen molar-refractivity contribution in [3.05, 3.63) is 83.8 Å². The molecule has 0 aliphatic heterocycles. The molecule has 2 aromatic carbocycles. The Morgan fingerprint density at radius 3 is 2.77 bits per heavy atom. The first-order chi connectivity index (χ1) is 14.7. The van der Waals surface area contributed by atoms with Crippen molar-refractivity contribution >= 4 is 17.4 Å². The monoisotopic (exact) mass is 397 g/mol. The molecule has 0 bridgehead atoms. The number of anilines is 1. The quantitative estimate of drug-likeness (QED) is 0.511. The summed E-state index contributed by atoms with van der Waals surface area (Å²) < 4.78 is 1.97. The molecule has 1 aliphatic rings. The van der Waals surface area contributed by atoms with Gasteiger partial charge in [0.2, 0.25) is 0 Å². The summed E-state index contributed by atoms with van der Waals surface area (Å²) in [7, 11) is 0. The van der Waals surface area contributed by atoms with Crippen LogP contribution in [0.15, 0.2) is 67.1 Å². The zero-order chi connectivity index (χ0) is 20.5. The van der Waals surface area contributed by atoms with Gasteiger partial charge in [0.25, 0.3) is 5.91 Å². The lowest BCUT2D eigenvalue weighted by Gasteiger charge is -2.11.